The highest BCUT2D eigenvalue weighted by molar-refractivity contribution is 6.02. The summed E-state index contributed by atoms with van der Waals surface area (Å²) >= 11 is 0. The Morgan fingerprint density at radius 1 is 1.13 bits per heavy atom. The summed E-state index contributed by atoms with van der Waals surface area (Å²) in [4.78, 5) is 12.5. The summed E-state index contributed by atoms with van der Waals surface area (Å²) in [5.74, 6) is 0.369. The number of aryl methyl sites for hydroxylation is 2. The summed E-state index contributed by atoms with van der Waals surface area (Å²) in [5.41, 5.74) is 8.22. The van der Waals surface area contributed by atoms with E-state index < -0.39 is 0 Å². The lowest BCUT2D eigenvalue weighted by molar-refractivity contribution is 0.0950. The molecule has 6 heteroatoms. The summed E-state index contributed by atoms with van der Waals surface area (Å²) in [6, 6.07) is 20.0. The molecule has 0 unspecified atom stereocenters. The van der Waals surface area contributed by atoms with Crippen molar-refractivity contribution in [2.75, 3.05) is 6.61 Å². The number of benzene rings is 3. The van der Waals surface area contributed by atoms with Gasteiger partial charge in [0.2, 0.25) is 0 Å². The molecule has 4 aromatic rings. The van der Waals surface area contributed by atoms with E-state index in [1.54, 1.807) is 12.3 Å². The van der Waals surface area contributed by atoms with Gasteiger partial charge in [-0.15, -0.1) is 0 Å². The van der Waals surface area contributed by atoms with Gasteiger partial charge in [-0.3, -0.25) is 9.89 Å². The molecule has 0 fully saturated rings. The maximum absolute atomic E-state index is 12.5. The molecule has 3 aromatic carbocycles. The minimum absolute atomic E-state index is 0.352. The van der Waals surface area contributed by atoms with E-state index in [2.05, 4.69) is 51.1 Å². The van der Waals surface area contributed by atoms with Crippen LogP contribution in [0.4, 0.5) is 0 Å². The molecule has 154 valence electrons. The molecule has 1 heterocycles. The van der Waals surface area contributed by atoms with Crippen molar-refractivity contribution in [1.82, 2.24) is 15.6 Å². The van der Waals surface area contributed by atoms with E-state index in [-0.39, 0.29) is 5.91 Å². The van der Waals surface area contributed by atoms with E-state index in [9.17, 15) is 4.79 Å². The van der Waals surface area contributed by atoms with Gasteiger partial charge in [-0.1, -0.05) is 42.5 Å². The molecular weight excluding hydrogens is 388 g/mol. The second kappa shape index (κ2) is 8.07. The zero-order chi connectivity index (χ0) is 21.2. The molecule has 1 aromatic heterocycles. The monoisotopic (exact) mass is 410 g/mol. The van der Waals surface area contributed by atoms with Gasteiger partial charge in [0, 0.05) is 11.1 Å². The number of hydrogen-bond donors (Lipinski definition) is 2. The first-order valence-electron chi connectivity index (χ1n) is 10.4. The van der Waals surface area contributed by atoms with E-state index in [0.29, 0.717) is 12.3 Å². The summed E-state index contributed by atoms with van der Waals surface area (Å²) in [6.07, 6.45) is 3.73. The number of carbonyl (C=O) groups is 1. The van der Waals surface area contributed by atoms with Crippen molar-refractivity contribution in [2.24, 2.45) is 5.10 Å². The molecule has 0 aliphatic heterocycles. The Balaban J connectivity index is 1.36. The smallest absolute Gasteiger partial charge is 0.289 e. The lowest BCUT2D eigenvalue weighted by Gasteiger charge is -2.06. The number of amides is 1. The summed E-state index contributed by atoms with van der Waals surface area (Å²) < 4.78 is 5.57. The SMILES string of the molecule is CCOc1ccccc1C=NNC(=O)c1cc(-c2ccc3c4c(cccc24)CC3)n[nH]1. The first kappa shape index (κ1) is 19.1. The molecule has 1 aliphatic carbocycles. The maximum Gasteiger partial charge on any atom is 0.289 e. The van der Waals surface area contributed by atoms with Gasteiger partial charge in [0.15, 0.2) is 0 Å². The number of nitrogens with one attached hydrogen (secondary N) is 2. The Morgan fingerprint density at radius 3 is 2.84 bits per heavy atom. The number of rotatable bonds is 6. The first-order valence-corrected chi connectivity index (χ1v) is 10.4. The minimum atomic E-state index is -0.352. The number of hydrogen-bond acceptors (Lipinski definition) is 4. The van der Waals surface area contributed by atoms with Crippen molar-refractivity contribution in [1.29, 1.82) is 0 Å². The molecule has 0 saturated heterocycles. The van der Waals surface area contributed by atoms with Gasteiger partial charge in [-0.2, -0.15) is 10.2 Å². The minimum Gasteiger partial charge on any atom is -0.493 e. The predicted molar refractivity (Wildman–Crippen MR) is 122 cm³/mol. The topological polar surface area (TPSA) is 79.4 Å². The Morgan fingerprint density at radius 2 is 1.97 bits per heavy atom. The van der Waals surface area contributed by atoms with Crippen molar-refractivity contribution in [3.05, 3.63) is 83.0 Å². The van der Waals surface area contributed by atoms with Gasteiger partial charge < -0.3 is 4.74 Å². The van der Waals surface area contributed by atoms with Crippen LogP contribution in [0.25, 0.3) is 22.0 Å². The van der Waals surface area contributed by atoms with Crippen LogP contribution in [0.2, 0.25) is 0 Å². The number of nitrogens with zero attached hydrogens (tertiary/aromatic N) is 2. The third kappa shape index (κ3) is 3.57. The number of aromatic amines is 1. The van der Waals surface area contributed by atoms with Crippen LogP contribution in [0.3, 0.4) is 0 Å². The van der Waals surface area contributed by atoms with Gasteiger partial charge in [0.05, 0.1) is 18.5 Å². The second-order valence-corrected chi connectivity index (χ2v) is 7.45. The molecule has 31 heavy (non-hydrogen) atoms. The number of carbonyl (C=O) groups excluding carboxylic acids is 1. The average Bonchev–Trinajstić information content (AvgIpc) is 3.44. The highest BCUT2D eigenvalue weighted by atomic mass is 16.5. The quantitative estimate of drug-likeness (QED) is 0.363. The fourth-order valence-corrected chi connectivity index (χ4v) is 4.14. The number of H-pyrrole nitrogens is 1. The Bertz CT molecular complexity index is 1300. The third-order valence-electron chi connectivity index (χ3n) is 5.56. The van der Waals surface area contributed by atoms with Gasteiger partial charge in [-0.05, 0) is 59.9 Å². The predicted octanol–water partition coefficient (Wildman–Crippen LogP) is 4.49. The van der Waals surface area contributed by atoms with Gasteiger partial charge in [-0.25, -0.2) is 5.43 Å². The Hall–Kier alpha value is -3.93. The van der Waals surface area contributed by atoms with Crippen LogP contribution in [0.1, 0.15) is 34.1 Å². The molecule has 5 rings (SSSR count). The molecule has 2 N–H and O–H groups in total. The standard InChI is InChI=1S/C25H22N4O2/c1-2-31-23-9-4-3-6-18(23)15-26-29-25(30)22-14-21(27-28-22)19-13-12-17-11-10-16-7-5-8-20(19)24(16)17/h3-9,12-15H,2,10-11H2,1H3,(H,27,28)(H,29,30). The first-order chi connectivity index (χ1) is 15.2. The normalized spacial score (nSPS) is 12.5. The van der Waals surface area contributed by atoms with Gasteiger partial charge in [0.1, 0.15) is 11.4 Å². The van der Waals surface area contributed by atoms with E-state index >= 15 is 0 Å². The van der Waals surface area contributed by atoms with Crippen LogP contribution >= 0.6 is 0 Å². The van der Waals surface area contributed by atoms with Crippen molar-refractivity contribution in [3.8, 4) is 17.0 Å². The molecule has 0 saturated carbocycles. The molecular formula is C25H22N4O2. The Labute approximate surface area is 179 Å². The molecule has 0 radical (unpaired) electrons. The van der Waals surface area contributed by atoms with E-state index in [1.807, 2.05) is 31.2 Å². The summed E-state index contributed by atoms with van der Waals surface area (Å²) in [6.45, 7) is 2.48. The van der Waals surface area contributed by atoms with Crippen LogP contribution in [0.15, 0.2) is 65.8 Å². The molecule has 1 aliphatic rings. The lowest BCUT2D eigenvalue weighted by Crippen LogP contribution is -2.18. The zero-order valence-corrected chi connectivity index (χ0v) is 17.2. The van der Waals surface area contributed by atoms with Gasteiger partial charge in [0.25, 0.3) is 5.91 Å². The number of ether oxygens (including phenoxy) is 1. The van der Waals surface area contributed by atoms with E-state index in [0.717, 1.165) is 35.4 Å². The largest absolute Gasteiger partial charge is 0.493 e. The Kier molecular flexibility index (Phi) is 4.96. The summed E-state index contributed by atoms with van der Waals surface area (Å²) in [5, 5.41) is 13.8. The van der Waals surface area contributed by atoms with Gasteiger partial charge >= 0.3 is 0 Å². The maximum atomic E-state index is 12.5. The third-order valence-corrected chi connectivity index (χ3v) is 5.56. The zero-order valence-electron chi connectivity index (χ0n) is 17.2. The van der Waals surface area contributed by atoms with Crippen molar-refractivity contribution >= 4 is 22.9 Å². The number of aromatic nitrogens is 2. The lowest BCUT2D eigenvalue weighted by atomic mass is 9.98. The molecule has 0 atom stereocenters. The van der Waals surface area contributed by atoms with Crippen LogP contribution < -0.4 is 10.2 Å². The van der Waals surface area contributed by atoms with Crippen LogP contribution in [-0.4, -0.2) is 28.9 Å². The molecule has 6 nitrogen and oxygen atoms in total. The van der Waals surface area contributed by atoms with E-state index in [1.165, 1.54) is 21.9 Å². The van der Waals surface area contributed by atoms with Crippen LogP contribution in [-0.2, 0) is 12.8 Å². The van der Waals surface area contributed by atoms with Crippen molar-refractivity contribution in [3.63, 3.8) is 0 Å². The fourth-order valence-electron chi connectivity index (χ4n) is 4.14. The number of para-hydroxylation sites is 1. The van der Waals surface area contributed by atoms with Crippen molar-refractivity contribution < 1.29 is 9.53 Å². The highest BCUT2D eigenvalue weighted by Gasteiger charge is 2.18. The highest BCUT2D eigenvalue weighted by Crippen LogP contribution is 2.36. The average molecular weight is 410 g/mol. The fraction of sp³-hybridized carbons (Fsp3) is 0.160. The van der Waals surface area contributed by atoms with Crippen LogP contribution in [0.5, 0.6) is 5.75 Å². The second-order valence-electron chi connectivity index (χ2n) is 7.45. The molecule has 0 spiro atoms. The summed E-state index contributed by atoms with van der Waals surface area (Å²) in [7, 11) is 0. The molecule has 1 amide bonds. The van der Waals surface area contributed by atoms with Crippen LogP contribution in [0, 0.1) is 0 Å². The molecule has 0 bridgehead atoms. The van der Waals surface area contributed by atoms with Crippen molar-refractivity contribution in [2.45, 2.75) is 19.8 Å². The van der Waals surface area contributed by atoms with E-state index in [4.69, 9.17) is 4.74 Å². The number of hydrazone groups is 1.